The summed E-state index contributed by atoms with van der Waals surface area (Å²) >= 11 is 0. The Morgan fingerprint density at radius 1 is 0.815 bits per heavy atom. The smallest absolute Gasteiger partial charge is 0.274 e. The maximum absolute atomic E-state index is 12.5. The van der Waals surface area contributed by atoms with Crippen LogP contribution in [0.3, 0.4) is 0 Å². The minimum atomic E-state index is -0.337. The lowest BCUT2D eigenvalue weighted by Gasteiger charge is -2.09. The molecular formula is C22H18N4O. The summed E-state index contributed by atoms with van der Waals surface area (Å²) in [6.07, 6.45) is 0. The number of para-hydroxylation sites is 2. The summed E-state index contributed by atoms with van der Waals surface area (Å²) in [6.45, 7) is 0.382. The Kier molecular flexibility index (Phi) is 4.49. The summed E-state index contributed by atoms with van der Waals surface area (Å²) < 4.78 is 0. The van der Waals surface area contributed by atoms with Gasteiger partial charge in [-0.05, 0) is 34.9 Å². The molecule has 0 fully saturated rings. The molecule has 0 aliphatic heterocycles. The van der Waals surface area contributed by atoms with Gasteiger partial charge in [0.2, 0.25) is 0 Å². The SMILES string of the molecule is Nc1nc2ccccc2nc1C(=O)NCc1cccc(-c2ccccc2)c1. The van der Waals surface area contributed by atoms with Gasteiger partial charge >= 0.3 is 0 Å². The molecule has 0 saturated carbocycles. The Labute approximate surface area is 156 Å². The zero-order chi connectivity index (χ0) is 18.6. The number of carbonyl (C=O) groups excluding carboxylic acids is 1. The quantitative estimate of drug-likeness (QED) is 0.584. The Bertz CT molecular complexity index is 1110. The molecule has 0 radical (unpaired) electrons. The lowest BCUT2D eigenvalue weighted by Crippen LogP contribution is -2.25. The Morgan fingerprint density at radius 3 is 2.26 bits per heavy atom. The summed E-state index contributed by atoms with van der Waals surface area (Å²) in [7, 11) is 0. The van der Waals surface area contributed by atoms with Crippen molar-refractivity contribution in [2.45, 2.75) is 6.54 Å². The van der Waals surface area contributed by atoms with Crippen LogP contribution in [0.1, 0.15) is 16.1 Å². The predicted molar refractivity (Wildman–Crippen MR) is 107 cm³/mol. The Morgan fingerprint density at radius 2 is 1.48 bits per heavy atom. The highest BCUT2D eigenvalue weighted by atomic mass is 16.1. The highest BCUT2D eigenvalue weighted by Gasteiger charge is 2.14. The molecule has 132 valence electrons. The molecule has 1 heterocycles. The third-order valence-corrected chi connectivity index (χ3v) is 4.30. The van der Waals surface area contributed by atoms with E-state index < -0.39 is 0 Å². The van der Waals surface area contributed by atoms with Crippen LogP contribution < -0.4 is 11.1 Å². The molecule has 1 aromatic heterocycles. The first kappa shape index (κ1) is 16.7. The first-order chi connectivity index (χ1) is 13.2. The van der Waals surface area contributed by atoms with E-state index in [1.54, 1.807) is 0 Å². The van der Waals surface area contributed by atoms with Crippen LogP contribution in [0.25, 0.3) is 22.2 Å². The van der Waals surface area contributed by atoms with Crippen molar-refractivity contribution in [1.29, 1.82) is 0 Å². The van der Waals surface area contributed by atoms with Crippen LogP contribution in [0, 0.1) is 0 Å². The van der Waals surface area contributed by atoms with Crippen LogP contribution in [0.2, 0.25) is 0 Å². The molecule has 0 bridgehead atoms. The molecule has 27 heavy (non-hydrogen) atoms. The van der Waals surface area contributed by atoms with Crippen LogP contribution in [0.4, 0.5) is 5.82 Å². The second-order valence-corrected chi connectivity index (χ2v) is 6.20. The van der Waals surface area contributed by atoms with E-state index in [1.807, 2.05) is 60.7 Å². The number of benzene rings is 3. The van der Waals surface area contributed by atoms with E-state index in [-0.39, 0.29) is 17.4 Å². The second kappa shape index (κ2) is 7.25. The van der Waals surface area contributed by atoms with E-state index in [9.17, 15) is 4.79 Å². The van der Waals surface area contributed by atoms with E-state index in [1.165, 1.54) is 0 Å². The minimum Gasteiger partial charge on any atom is -0.382 e. The molecule has 5 nitrogen and oxygen atoms in total. The number of nitrogens with one attached hydrogen (secondary N) is 1. The molecule has 0 saturated heterocycles. The number of rotatable bonds is 4. The van der Waals surface area contributed by atoms with Gasteiger partial charge in [-0.15, -0.1) is 0 Å². The van der Waals surface area contributed by atoms with Gasteiger partial charge in [0.25, 0.3) is 5.91 Å². The van der Waals surface area contributed by atoms with Crippen molar-refractivity contribution in [2.75, 3.05) is 5.73 Å². The van der Waals surface area contributed by atoms with Crippen molar-refractivity contribution in [3.05, 3.63) is 90.1 Å². The molecule has 0 unspecified atom stereocenters. The van der Waals surface area contributed by atoms with Crippen LogP contribution in [-0.2, 0) is 6.54 Å². The normalized spacial score (nSPS) is 10.7. The van der Waals surface area contributed by atoms with Gasteiger partial charge in [-0.2, -0.15) is 0 Å². The van der Waals surface area contributed by atoms with Crippen molar-refractivity contribution in [2.24, 2.45) is 0 Å². The number of hydrogen-bond donors (Lipinski definition) is 2. The van der Waals surface area contributed by atoms with Gasteiger partial charge in [0.05, 0.1) is 11.0 Å². The van der Waals surface area contributed by atoms with Gasteiger partial charge in [-0.3, -0.25) is 4.79 Å². The van der Waals surface area contributed by atoms with Gasteiger partial charge in [0, 0.05) is 6.54 Å². The average molecular weight is 354 g/mol. The zero-order valence-corrected chi connectivity index (χ0v) is 14.6. The van der Waals surface area contributed by atoms with E-state index >= 15 is 0 Å². The number of anilines is 1. The monoisotopic (exact) mass is 354 g/mol. The molecule has 3 N–H and O–H groups in total. The van der Waals surface area contributed by atoms with Crippen molar-refractivity contribution >= 4 is 22.8 Å². The molecule has 0 aliphatic carbocycles. The molecule has 0 atom stereocenters. The van der Waals surface area contributed by atoms with Crippen molar-refractivity contribution in [3.8, 4) is 11.1 Å². The fraction of sp³-hybridized carbons (Fsp3) is 0.0455. The van der Waals surface area contributed by atoms with E-state index in [0.717, 1.165) is 16.7 Å². The van der Waals surface area contributed by atoms with E-state index in [2.05, 4.69) is 33.5 Å². The van der Waals surface area contributed by atoms with E-state index in [4.69, 9.17) is 5.73 Å². The predicted octanol–water partition coefficient (Wildman–Crippen LogP) is 3.81. The number of aromatic nitrogens is 2. The average Bonchev–Trinajstić information content (AvgIpc) is 2.72. The molecule has 1 amide bonds. The topological polar surface area (TPSA) is 80.9 Å². The maximum atomic E-state index is 12.5. The third-order valence-electron chi connectivity index (χ3n) is 4.30. The summed E-state index contributed by atoms with van der Waals surface area (Å²) in [6, 6.07) is 25.5. The number of nitrogen functional groups attached to an aromatic ring is 1. The number of nitrogens with zero attached hydrogens (tertiary/aromatic N) is 2. The highest BCUT2D eigenvalue weighted by molar-refractivity contribution is 5.98. The fourth-order valence-electron chi connectivity index (χ4n) is 2.94. The molecule has 0 aliphatic rings. The van der Waals surface area contributed by atoms with Crippen molar-refractivity contribution < 1.29 is 4.79 Å². The molecule has 3 aromatic carbocycles. The summed E-state index contributed by atoms with van der Waals surface area (Å²) in [5.74, 6) is -0.208. The summed E-state index contributed by atoms with van der Waals surface area (Å²) in [5, 5.41) is 2.88. The molecule has 5 heteroatoms. The fourth-order valence-corrected chi connectivity index (χ4v) is 2.94. The highest BCUT2D eigenvalue weighted by Crippen LogP contribution is 2.20. The van der Waals surface area contributed by atoms with Crippen molar-refractivity contribution in [3.63, 3.8) is 0 Å². The molecular weight excluding hydrogens is 336 g/mol. The lowest BCUT2D eigenvalue weighted by atomic mass is 10.0. The number of amides is 1. The number of hydrogen-bond acceptors (Lipinski definition) is 4. The Balaban J connectivity index is 1.52. The number of nitrogens with two attached hydrogens (primary N) is 1. The van der Waals surface area contributed by atoms with Crippen molar-refractivity contribution in [1.82, 2.24) is 15.3 Å². The van der Waals surface area contributed by atoms with Gasteiger partial charge in [0.1, 0.15) is 0 Å². The van der Waals surface area contributed by atoms with Gasteiger partial charge in [0.15, 0.2) is 11.5 Å². The first-order valence-corrected chi connectivity index (χ1v) is 8.65. The number of carbonyl (C=O) groups is 1. The zero-order valence-electron chi connectivity index (χ0n) is 14.6. The van der Waals surface area contributed by atoms with Crippen LogP contribution >= 0.6 is 0 Å². The van der Waals surface area contributed by atoms with Crippen LogP contribution in [0.5, 0.6) is 0 Å². The standard InChI is InChI=1S/C22H18N4O/c23-21-20(25-18-11-4-5-12-19(18)26-21)22(27)24-14-15-7-6-10-17(13-15)16-8-2-1-3-9-16/h1-13H,14H2,(H2,23,26)(H,24,27). The van der Waals surface area contributed by atoms with Gasteiger partial charge < -0.3 is 11.1 Å². The summed E-state index contributed by atoms with van der Waals surface area (Å²) in [5.41, 5.74) is 10.6. The lowest BCUT2D eigenvalue weighted by molar-refractivity contribution is 0.0947. The first-order valence-electron chi connectivity index (χ1n) is 8.65. The maximum Gasteiger partial charge on any atom is 0.274 e. The van der Waals surface area contributed by atoms with Crippen LogP contribution in [0.15, 0.2) is 78.9 Å². The van der Waals surface area contributed by atoms with E-state index in [0.29, 0.717) is 17.6 Å². The second-order valence-electron chi connectivity index (χ2n) is 6.20. The Hall–Kier alpha value is -3.73. The minimum absolute atomic E-state index is 0.129. The molecule has 4 aromatic rings. The number of fused-ring (bicyclic) bond motifs is 1. The van der Waals surface area contributed by atoms with Crippen LogP contribution in [-0.4, -0.2) is 15.9 Å². The van der Waals surface area contributed by atoms with Gasteiger partial charge in [-0.1, -0.05) is 60.7 Å². The van der Waals surface area contributed by atoms with Gasteiger partial charge in [-0.25, -0.2) is 9.97 Å². The largest absolute Gasteiger partial charge is 0.382 e. The molecule has 4 rings (SSSR count). The molecule has 0 spiro atoms. The third kappa shape index (κ3) is 3.62. The summed E-state index contributed by atoms with van der Waals surface area (Å²) in [4.78, 5) is 21.2.